The summed E-state index contributed by atoms with van der Waals surface area (Å²) in [6.07, 6.45) is 11.1. The first-order valence-electron chi connectivity index (χ1n) is 17.1. The molecule has 3 N–H and O–H groups in total. The monoisotopic (exact) mass is 698 g/mol. The minimum Gasteiger partial charge on any atom is -0.508 e. The maximum atomic E-state index is 17.0. The molecule has 7 rings (SSSR count). The van der Waals surface area contributed by atoms with E-state index in [1.54, 1.807) is 6.92 Å². The van der Waals surface area contributed by atoms with Crippen LogP contribution in [0.15, 0.2) is 43.1 Å². The van der Waals surface area contributed by atoms with Gasteiger partial charge in [0.15, 0.2) is 5.82 Å². The summed E-state index contributed by atoms with van der Waals surface area (Å²) >= 11 is 0. The number of carbonyl (C=O) groups is 1. The molecule has 2 aliphatic heterocycles. The fourth-order valence-corrected chi connectivity index (χ4v) is 7.18. The maximum Gasteiger partial charge on any atom is 0.319 e. The Morgan fingerprint density at radius 3 is 2.73 bits per heavy atom. The molecule has 3 fully saturated rings. The van der Waals surface area contributed by atoms with Crippen LogP contribution >= 0.6 is 0 Å². The Kier molecular flexibility index (Phi) is 9.26. The van der Waals surface area contributed by atoms with Crippen molar-refractivity contribution < 1.29 is 33.3 Å². The van der Waals surface area contributed by atoms with Gasteiger partial charge in [-0.05, 0) is 62.3 Å². The summed E-state index contributed by atoms with van der Waals surface area (Å²) in [7, 11) is 0. The minimum atomic E-state index is -1.25. The van der Waals surface area contributed by atoms with E-state index in [0.717, 1.165) is 38.6 Å². The predicted octanol–water partition coefficient (Wildman–Crippen LogP) is 4.32. The SMILES string of the molecule is C#Cc1c(F)ccc2cc(O)cc(-c3ncc4c(N5CCC[C@](C)(O)[C@@H](NC(=O)C=C)C5)nc(OCC5(CN6CCOCC6)CC5)nc4c3F)c12. The van der Waals surface area contributed by atoms with Gasteiger partial charge in [-0.15, -0.1) is 6.42 Å². The van der Waals surface area contributed by atoms with Gasteiger partial charge < -0.3 is 29.9 Å². The third-order valence-corrected chi connectivity index (χ3v) is 10.3. The first-order valence-corrected chi connectivity index (χ1v) is 17.1. The molecule has 0 spiro atoms. The zero-order valence-corrected chi connectivity index (χ0v) is 28.4. The molecule has 2 aromatic carbocycles. The van der Waals surface area contributed by atoms with E-state index in [2.05, 4.69) is 32.7 Å². The number of fused-ring (bicyclic) bond motifs is 2. The van der Waals surface area contributed by atoms with E-state index in [1.165, 1.54) is 30.5 Å². The van der Waals surface area contributed by atoms with Gasteiger partial charge in [0.2, 0.25) is 5.91 Å². The second-order valence-corrected chi connectivity index (χ2v) is 14.0. The Balaban J connectivity index is 1.34. The van der Waals surface area contributed by atoms with Gasteiger partial charge in [-0.3, -0.25) is 14.7 Å². The molecule has 2 atom stereocenters. The number of ether oxygens (including phenoxy) is 2. The lowest BCUT2D eigenvalue weighted by Gasteiger charge is -2.34. The molecule has 0 unspecified atom stereocenters. The fourth-order valence-electron chi connectivity index (χ4n) is 7.18. The Labute approximate surface area is 294 Å². The smallest absolute Gasteiger partial charge is 0.319 e. The van der Waals surface area contributed by atoms with Gasteiger partial charge in [-0.2, -0.15) is 9.97 Å². The molecule has 1 aliphatic carbocycles. The van der Waals surface area contributed by atoms with Gasteiger partial charge in [-0.1, -0.05) is 18.6 Å². The molecule has 13 heteroatoms. The Morgan fingerprint density at radius 1 is 1.22 bits per heavy atom. The normalized spacial score (nSPS) is 21.9. The Bertz CT molecular complexity index is 2060. The maximum absolute atomic E-state index is 17.0. The van der Waals surface area contributed by atoms with Crippen LogP contribution in [0.5, 0.6) is 11.8 Å². The van der Waals surface area contributed by atoms with E-state index in [4.69, 9.17) is 20.9 Å². The highest BCUT2D eigenvalue weighted by Gasteiger charge is 2.45. The summed E-state index contributed by atoms with van der Waals surface area (Å²) in [6.45, 7) is 10.00. The Hall–Kier alpha value is -4.90. The summed E-state index contributed by atoms with van der Waals surface area (Å²) in [5.41, 5.74) is -1.62. The largest absolute Gasteiger partial charge is 0.508 e. The average molecular weight is 699 g/mol. The summed E-state index contributed by atoms with van der Waals surface area (Å²) in [4.78, 5) is 30.5. The van der Waals surface area contributed by atoms with Gasteiger partial charge in [0, 0.05) is 55.3 Å². The van der Waals surface area contributed by atoms with E-state index in [0.29, 0.717) is 50.4 Å². The molecule has 3 aliphatic rings. The number of hydrogen-bond acceptors (Lipinski definition) is 10. The van der Waals surface area contributed by atoms with Crippen LogP contribution in [0.4, 0.5) is 14.6 Å². The molecule has 1 amide bonds. The number of pyridine rings is 1. The summed E-state index contributed by atoms with van der Waals surface area (Å²) < 4.78 is 43.7. The van der Waals surface area contributed by atoms with Crippen molar-refractivity contribution >= 4 is 33.4 Å². The lowest BCUT2D eigenvalue weighted by atomic mass is 9.92. The van der Waals surface area contributed by atoms with Crippen molar-refractivity contribution in [3.63, 3.8) is 0 Å². The molecule has 51 heavy (non-hydrogen) atoms. The summed E-state index contributed by atoms with van der Waals surface area (Å²) in [5.74, 6) is 0.552. The number of terminal acetylenes is 1. The topological polar surface area (TPSA) is 133 Å². The van der Waals surface area contributed by atoms with Gasteiger partial charge in [0.05, 0.1) is 42.4 Å². The van der Waals surface area contributed by atoms with E-state index < -0.39 is 29.2 Å². The standard InChI is InChI=1S/C38H40F2N6O5/c1-4-25-28(39)8-7-23-17-24(47)18-26(31(23)25)33-32(40)34-27(19-41-33)35(46-12-6-9-37(3,49)29(20-46)42-30(48)5-2)44-36(43-34)51-22-38(10-11-38)21-45-13-15-50-16-14-45/h1,5,7-8,17-19,29,47,49H,2,6,9-16,20-22H2,3H3,(H,42,48)/t29-,37-/m0/s1. The number of aliphatic hydroxyl groups is 1. The number of hydrogen-bond donors (Lipinski definition) is 3. The highest BCUT2D eigenvalue weighted by atomic mass is 19.1. The molecule has 266 valence electrons. The van der Waals surface area contributed by atoms with Crippen molar-refractivity contribution in [2.45, 2.75) is 44.2 Å². The molecule has 0 bridgehead atoms. The molecule has 2 saturated heterocycles. The van der Waals surface area contributed by atoms with Crippen molar-refractivity contribution in [1.82, 2.24) is 25.2 Å². The quantitative estimate of drug-likeness (QED) is 0.172. The lowest BCUT2D eigenvalue weighted by molar-refractivity contribution is -0.119. The molecule has 4 heterocycles. The van der Waals surface area contributed by atoms with Crippen molar-refractivity contribution in [2.24, 2.45) is 5.41 Å². The predicted molar refractivity (Wildman–Crippen MR) is 188 cm³/mol. The van der Waals surface area contributed by atoms with E-state index in [-0.39, 0.29) is 56.8 Å². The molecular weight excluding hydrogens is 658 g/mol. The number of halogens is 2. The number of phenolic OH excluding ortho intramolecular Hbond substituents is 1. The first kappa shape index (κ1) is 34.5. The second kappa shape index (κ2) is 13.7. The zero-order chi connectivity index (χ0) is 35.9. The highest BCUT2D eigenvalue weighted by molar-refractivity contribution is 6.03. The van der Waals surface area contributed by atoms with Crippen LogP contribution in [0.2, 0.25) is 0 Å². The molecule has 1 saturated carbocycles. The molecular formula is C38H40F2N6O5. The van der Waals surface area contributed by atoms with Crippen LogP contribution in [0.1, 0.15) is 38.2 Å². The molecule has 0 radical (unpaired) electrons. The number of amides is 1. The van der Waals surface area contributed by atoms with Gasteiger partial charge in [0.1, 0.15) is 28.6 Å². The van der Waals surface area contributed by atoms with Crippen LogP contribution in [-0.4, -0.2) is 100 Å². The van der Waals surface area contributed by atoms with Crippen LogP contribution < -0.4 is 15.0 Å². The number of benzene rings is 2. The lowest BCUT2D eigenvalue weighted by Crippen LogP contribution is -2.54. The number of aromatic nitrogens is 3. The summed E-state index contributed by atoms with van der Waals surface area (Å²) in [6, 6.07) is 4.62. The van der Waals surface area contributed by atoms with Crippen LogP contribution in [-0.2, 0) is 9.53 Å². The third kappa shape index (κ3) is 6.91. The number of nitrogens with one attached hydrogen (secondary N) is 1. The second-order valence-electron chi connectivity index (χ2n) is 14.0. The first-order chi connectivity index (χ1) is 24.5. The van der Waals surface area contributed by atoms with Crippen molar-refractivity contribution in [2.75, 3.05) is 57.4 Å². The van der Waals surface area contributed by atoms with Gasteiger partial charge >= 0.3 is 6.01 Å². The Morgan fingerprint density at radius 2 is 2.00 bits per heavy atom. The van der Waals surface area contributed by atoms with Crippen LogP contribution in [0, 0.1) is 29.4 Å². The average Bonchev–Trinajstić information content (AvgIpc) is 3.90. The third-order valence-electron chi connectivity index (χ3n) is 10.3. The van der Waals surface area contributed by atoms with Gasteiger partial charge in [-0.25, -0.2) is 8.78 Å². The highest BCUT2D eigenvalue weighted by Crippen LogP contribution is 2.47. The number of morpholine rings is 1. The van der Waals surface area contributed by atoms with Crippen LogP contribution in [0.25, 0.3) is 32.9 Å². The number of phenols is 1. The van der Waals surface area contributed by atoms with Crippen molar-refractivity contribution in [3.05, 3.63) is 60.3 Å². The molecule has 2 aromatic heterocycles. The fraction of sp³-hybridized carbons (Fsp3) is 0.421. The molecule has 4 aromatic rings. The zero-order valence-electron chi connectivity index (χ0n) is 28.4. The number of aromatic hydroxyl groups is 1. The molecule has 11 nitrogen and oxygen atoms in total. The van der Waals surface area contributed by atoms with Gasteiger partial charge in [0.25, 0.3) is 0 Å². The number of anilines is 1. The van der Waals surface area contributed by atoms with Crippen molar-refractivity contribution in [1.29, 1.82) is 0 Å². The number of nitrogens with zero attached hydrogens (tertiary/aromatic N) is 5. The number of rotatable bonds is 9. The van der Waals surface area contributed by atoms with Crippen molar-refractivity contribution in [3.8, 4) is 35.4 Å². The van der Waals surface area contributed by atoms with Crippen LogP contribution in [0.3, 0.4) is 0 Å². The minimum absolute atomic E-state index is 0.0411. The van der Waals surface area contributed by atoms with E-state index >= 15 is 4.39 Å². The number of carbonyl (C=O) groups excluding carboxylic acids is 1. The van der Waals surface area contributed by atoms with E-state index in [9.17, 15) is 19.4 Å². The summed E-state index contributed by atoms with van der Waals surface area (Å²) in [5, 5.41) is 25.6. The van der Waals surface area contributed by atoms with E-state index in [1.807, 2.05) is 4.90 Å².